The van der Waals surface area contributed by atoms with E-state index in [0.717, 1.165) is 41.1 Å². The molecule has 0 bridgehead atoms. The summed E-state index contributed by atoms with van der Waals surface area (Å²) in [4.78, 5) is 47.7. The molecule has 2 fully saturated rings. The van der Waals surface area contributed by atoms with Gasteiger partial charge in [0.05, 0.1) is 27.6 Å². The fraction of sp³-hybridized carbons (Fsp3) is 0.250. The second-order valence-electron chi connectivity index (χ2n) is 15.4. The molecule has 0 saturated carbocycles. The van der Waals surface area contributed by atoms with Gasteiger partial charge in [0.15, 0.2) is 0 Å². The Balaban J connectivity index is 1.08. The highest BCUT2D eigenvalue weighted by atomic mass is 32.2. The van der Waals surface area contributed by atoms with Crippen LogP contribution in [0, 0.1) is 21.4 Å². The van der Waals surface area contributed by atoms with Crippen molar-refractivity contribution in [1.29, 1.82) is 0 Å². The first-order chi connectivity index (χ1) is 28.4. The number of hydrogen-bond acceptors (Lipinski definition) is 10. The van der Waals surface area contributed by atoms with Crippen LogP contribution < -0.4 is 19.7 Å². The number of carbonyl (C=O) groups excluding carboxylic acids is 2. The molecule has 2 saturated heterocycles. The summed E-state index contributed by atoms with van der Waals surface area (Å²) in [6.45, 7) is 5.61. The zero-order valence-corrected chi connectivity index (χ0v) is 33.2. The van der Waals surface area contributed by atoms with Crippen molar-refractivity contribution in [1.82, 2.24) is 14.7 Å². The van der Waals surface area contributed by atoms with E-state index in [2.05, 4.69) is 20.0 Å². The molecule has 2 aliphatic rings. The van der Waals surface area contributed by atoms with Crippen LogP contribution in [0.25, 0.3) is 22.2 Å². The highest BCUT2D eigenvalue weighted by Gasteiger charge is 2.46. The van der Waals surface area contributed by atoms with E-state index in [9.17, 15) is 28.1 Å². The van der Waals surface area contributed by atoms with Gasteiger partial charge in [-0.2, -0.15) is 0 Å². The number of benzene rings is 4. The van der Waals surface area contributed by atoms with Crippen LogP contribution in [0.3, 0.4) is 0 Å². The maximum Gasteiger partial charge on any atom is 0.293 e. The molecule has 0 spiro atoms. The molecule has 6 aromatic rings. The van der Waals surface area contributed by atoms with E-state index >= 15 is 0 Å². The van der Waals surface area contributed by atoms with Crippen molar-refractivity contribution in [2.45, 2.75) is 44.0 Å². The summed E-state index contributed by atoms with van der Waals surface area (Å²) in [5.41, 5.74) is 2.89. The lowest BCUT2D eigenvalue weighted by Crippen LogP contribution is -2.32. The first-order valence-corrected chi connectivity index (χ1v) is 20.8. The standard InChI is InChI=1S/C44H42N6O8S/c1-44(2)25-39(30-6-4-3-5-7-30)49(43(44)52)33-11-8-29(9-12-33)31-10-14-36(40(23-31)58-34-22-32-16-19-45-41(32)47-27-34)42(51)48-59(55,56)35-13-15-37(38(24-35)50(53)54)46-26-28-17-20-57-21-18-28/h3-16,19,22-24,27-28,39,46H,17-18,20-21,25-26H2,1-2H3,(H,45,47)(H,48,51). The monoisotopic (exact) mass is 814 g/mol. The molecule has 2 amide bonds. The van der Waals surface area contributed by atoms with Crippen molar-refractivity contribution in [3.05, 3.63) is 137 Å². The maximum atomic E-state index is 13.9. The Bertz CT molecular complexity index is 2660. The topological polar surface area (TPSA) is 186 Å². The Morgan fingerprint density at radius 3 is 2.47 bits per heavy atom. The smallest absolute Gasteiger partial charge is 0.293 e. The summed E-state index contributed by atoms with van der Waals surface area (Å²) in [5.74, 6) is -0.391. The number of aromatic nitrogens is 2. The Kier molecular flexibility index (Phi) is 10.6. The van der Waals surface area contributed by atoms with E-state index in [-0.39, 0.29) is 34.9 Å². The minimum atomic E-state index is -4.59. The van der Waals surface area contributed by atoms with Gasteiger partial charge in [-0.05, 0) is 90.4 Å². The lowest BCUT2D eigenvalue weighted by Gasteiger charge is -2.26. The number of nitrogens with one attached hydrogen (secondary N) is 3. The molecule has 302 valence electrons. The number of H-pyrrole nitrogens is 1. The number of pyridine rings is 1. The van der Waals surface area contributed by atoms with Crippen LogP contribution in [0.2, 0.25) is 0 Å². The van der Waals surface area contributed by atoms with Gasteiger partial charge in [-0.15, -0.1) is 0 Å². The molecule has 14 nitrogen and oxygen atoms in total. The van der Waals surface area contributed by atoms with Crippen LogP contribution in [0.4, 0.5) is 17.1 Å². The third-order valence-corrected chi connectivity index (χ3v) is 12.3. The Labute approximate surface area is 340 Å². The average molecular weight is 815 g/mol. The van der Waals surface area contributed by atoms with Crippen LogP contribution in [-0.2, 0) is 19.6 Å². The third kappa shape index (κ3) is 8.24. The fourth-order valence-corrected chi connectivity index (χ4v) is 8.67. The summed E-state index contributed by atoms with van der Waals surface area (Å²) >= 11 is 0. The normalized spacial score (nSPS) is 16.9. The number of nitro benzene ring substituents is 1. The molecule has 1 unspecified atom stereocenters. The summed E-state index contributed by atoms with van der Waals surface area (Å²) in [5, 5.41) is 15.9. The second-order valence-corrected chi connectivity index (χ2v) is 17.1. The van der Waals surface area contributed by atoms with Crippen molar-refractivity contribution < 1.29 is 32.4 Å². The molecule has 0 aliphatic carbocycles. The number of carbonyl (C=O) groups is 2. The van der Waals surface area contributed by atoms with Crippen molar-refractivity contribution in [2.75, 3.05) is 30.0 Å². The lowest BCUT2D eigenvalue weighted by molar-refractivity contribution is -0.384. The number of ether oxygens (including phenoxy) is 2. The van der Waals surface area contributed by atoms with E-state index < -0.39 is 36.9 Å². The molecule has 2 aromatic heterocycles. The number of sulfonamides is 1. The van der Waals surface area contributed by atoms with Gasteiger partial charge >= 0.3 is 0 Å². The zero-order chi connectivity index (χ0) is 41.3. The predicted octanol–water partition coefficient (Wildman–Crippen LogP) is 8.39. The second kappa shape index (κ2) is 16.0. The number of nitrogens with zero attached hydrogens (tertiary/aromatic N) is 3. The molecule has 3 N–H and O–H groups in total. The Hall–Kier alpha value is -6.58. The highest BCUT2D eigenvalue weighted by Crippen LogP contribution is 2.46. The van der Waals surface area contributed by atoms with E-state index in [4.69, 9.17) is 9.47 Å². The van der Waals surface area contributed by atoms with E-state index in [1.165, 1.54) is 24.4 Å². The Morgan fingerprint density at radius 2 is 1.73 bits per heavy atom. The fourth-order valence-electron chi connectivity index (χ4n) is 7.68. The highest BCUT2D eigenvalue weighted by molar-refractivity contribution is 7.90. The number of rotatable bonds is 12. The van der Waals surface area contributed by atoms with E-state index in [1.807, 2.05) is 79.4 Å². The minimum Gasteiger partial charge on any atom is -0.455 e. The van der Waals surface area contributed by atoms with Crippen molar-refractivity contribution in [3.8, 4) is 22.6 Å². The predicted molar refractivity (Wildman–Crippen MR) is 223 cm³/mol. The molecule has 1 atom stereocenters. The van der Waals surface area contributed by atoms with Gasteiger partial charge < -0.3 is 24.7 Å². The van der Waals surface area contributed by atoms with E-state index in [0.29, 0.717) is 43.1 Å². The lowest BCUT2D eigenvalue weighted by atomic mass is 9.88. The van der Waals surface area contributed by atoms with Crippen molar-refractivity contribution in [2.24, 2.45) is 11.3 Å². The summed E-state index contributed by atoms with van der Waals surface area (Å²) in [6.07, 6.45) is 5.49. The SMILES string of the molecule is CC1(C)CC(c2ccccc2)N(c2ccc(-c3ccc(C(=O)NS(=O)(=O)c4ccc(NCC5CCOCC5)c([N+](=O)[O-])c4)c(Oc4cnc5[nH]ccc5c4)c3)cc2)C1=O. The van der Waals surface area contributed by atoms with Gasteiger partial charge in [0, 0.05) is 48.5 Å². The van der Waals surface area contributed by atoms with Gasteiger partial charge in [0.25, 0.3) is 21.6 Å². The average Bonchev–Trinajstić information content (AvgIpc) is 3.80. The number of fused-ring (bicyclic) bond motifs is 1. The largest absolute Gasteiger partial charge is 0.455 e. The molecular formula is C44H42N6O8S. The summed E-state index contributed by atoms with van der Waals surface area (Å²) in [6, 6.07) is 29.1. The summed E-state index contributed by atoms with van der Waals surface area (Å²) < 4.78 is 41.0. The van der Waals surface area contributed by atoms with Crippen LogP contribution >= 0.6 is 0 Å². The molecule has 4 aromatic carbocycles. The van der Waals surface area contributed by atoms with Gasteiger partial charge in [0.2, 0.25) is 5.91 Å². The van der Waals surface area contributed by atoms with Crippen LogP contribution in [0.15, 0.2) is 120 Å². The molecule has 0 radical (unpaired) electrons. The van der Waals surface area contributed by atoms with Crippen LogP contribution in [-0.4, -0.2) is 54.9 Å². The number of hydrogen-bond donors (Lipinski definition) is 3. The van der Waals surface area contributed by atoms with Crippen LogP contribution in [0.1, 0.15) is 55.1 Å². The first kappa shape index (κ1) is 39.3. The van der Waals surface area contributed by atoms with Crippen LogP contribution in [0.5, 0.6) is 11.5 Å². The number of aromatic amines is 1. The third-order valence-electron chi connectivity index (χ3n) is 10.9. The molecular weight excluding hydrogens is 773 g/mol. The quantitative estimate of drug-likeness (QED) is 0.0800. The van der Waals surface area contributed by atoms with Crippen molar-refractivity contribution >= 4 is 49.9 Å². The molecule has 15 heteroatoms. The number of anilines is 2. The molecule has 8 rings (SSSR count). The first-order valence-electron chi connectivity index (χ1n) is 19.3. The maximum absolute atomic E-state index is 13.9. The van der Waals surface area contributed by atoms with Gasteiger partial charge in [-0.25, -0.2) is 18.1 Å². The van der Waals surface area contributed by atoms with Gasteiger partial charge in [-0.1, -0.05) is 62.4 Å². The zero-order valence-electron chi connectivity index (χ0n) is 32.4. The molecule has 4 heterocycles. The summed E-state index contributed by atoms with van der Waals surface area (Å²) in [7, 11) is -4.59. The number of nitro groups is 1. The number of amides is 2. The van der Waals surface area contributed by atoms with Gasteiger partial charge in [0.1, 0.15) is 22.8 Å². The molecule has 2 aliphatic heterocycles. The molecule has 59 heavy (non-hydrogen) atoms. The van der Waals surface area contributed by atoms with E-state index in [1.54, 1.807) is 24.4 Å². The van der Waals surface area contributed by atoms with Gasteiger partial charge in [-0.3, -0.25) is 19.7 Å². The van der Waals surface area contributed by atoms with Crippen molar-refractivity contribution in [3.63, 3.8) is 0 Å². The minimum absolute atomic E-state index is 0.0286. The Morgan fingerprint density at radius 1 is 0.983 bits per heavy atom.